The van der Waals surface area contributed by atoms with E-state index in [1.54, 1.807) is 25.5 Å². The number of aromatic nitrogens is 1. The molecule has 3 aromatic carbocycles. The van der Waals surface area contributed by atoms with Gasteiger partial charge in [-0.2, -0.15) is 0 Å². The van der Waals surface area contributed by atoms with Gasteiger partial charge in [0.2, 0.25) is 0 Å². The summed E-state index contributed by atoms with van der Waals surface area (Å²) in [6, 6.07) is 22.0. The second-order valence-electron chi connectivity index (χ2n) is 6.23. The van der Waals surface area contributed by atoms with Crippen LogP contribution in [0.25, 0.3) is 22.2 Å². The van der Waals surface area contributed by atoms with Gasteiger partial charge in [0.15, 0.2) is 0 Å². The summed E-state index contributed by atoms with van der Waals surface area (Å²) in [7, 11) is 1.63. The van der Waals surface area contributed by atoms with Gasteiger partial charge in [0.25, 0.3) is 5.69 Å². The third-order valence-corrected chi connectivity index (χ3v) is 4.49. The predicted octanol–water partition coefficient (Wildman–Crippen LogP) is 5.50. The lowest BCUT2D eigenvalue weighted by atomic mass is 10.1. The van der Waals surface area contributed by atoms with E-state index in [9.17, 15) is 10.1 Å². The summed E-state index contributed by atoms with van der Waals surface area (Å²) >= 11 is 0. The topological polar surface area (TPSA) is 80.5 Å². The van der Waals surface area contributed by atoms with Gasteiger partial charge in [0.1, 0.15) is 5.75 Å². The smallest absolute Gasteiger partial charge is 0.271 e. The number of ether oxygens (including phenoxy) is 1. The number of benzene rings is 3. The zero-order chi connectivity index (χ0) is 19.5. The summed E-state index contributed by atoms with van der Waals surface area (Å²) in [6.45, 7) is 0. The minimum absolute atomic E-state index is 0.0125. The maximum Gasteiger partial charge on any atom is 0.271 e. The average molecular weight is 371 g/mol. The highest BCUT2D eigenvalue weighted by Gasteiger charge is 2.13. The van der Waals surface area contributed by atoms with E-state index in [0.29, 0.717) is 5.69 Å². The Hall–Kier alpha value is -3.93. The van der Waals surface area contributed by atoms with Crippen LogP contribution < -0.4 is 4.74 Å². The van der Waals surface area contributed by atoms with Crippen LogP contribution in [0.15, 0.2) is 77.8 Å². The van der Waals surface area contributed by atoms with Crippen LogP contribution in [-0.4, -0.2) is 23.2 Å². The fraction of sp³-hybridized carbons (Fsp3) is 0.0455. The first-order chi connectivity index (χ1) is 13.7. The molecule has 4 rings (SSSR count). The Balaban J connectivity index is 1.86. The second kappa shape index (κ2) is 7.36. The molecule has 6 nitrogen and oxygen atoms in total. The first-order valence-electron chi connectivity index (χ1n) is 8.69. The molecule has 0 aliphatic carbocycles. The third-order valence-electron chi connectivity index (χ3n) is 4.49. The van der Waals surface area contributed by atoms with Gasteiger partial charge in [0.05, 0.1) is 23.4 Å². The highest BCUT2D eigenvalue weighted by atomic mass is 16.6. The number of methoxy groups -OCH3 is 1. The van der Waals surface area contributed by atoms with Gasteiger partial charge in [-0.15, -0.1) is 0 Å². The van der Waals surface area contributed by atoms with Gasteiger partial charge in [-0.1, -0.05) is 36.4 Å². The van der Waals surface area contributed by atoms with Crippen molar-refractivity contribution in [1.29, 1.82) is 0 Å². The van der Waals surface area contributed by atoms with E-state index in [1.807, 2.05) is 48.5 Å². The van der Waals surface area contributed by atoms with E-state index in [1.165, 1.54) is 12.1 Å². The quantitative estimate of drug-likeness (QED) is 0.286. The van der Waals surface area contributed by atoms with E-state index in [0.717, 1.165) is 33.5 Å². The molecule has 0 atom stereocenters. The minimum Gasteiger partial charge on any atom is -0.497 e. The monoisotopic (exact) mass is 371 g/mol. The molecule has 0 aliphatic heterocycles. The summed E-state index contributed by atoms with van der Waals surface area (Å²) in [5.74, 6) is 0.746. The lowest BCUT2D eigenvalue weighted by Gasteiger charge is -2.02. The number of non-ortho nitro benzene ring substituents is 1. The second-order valence-corrected chi connectivity index (χ2v) is 6.23. The molecular weight excluding hydrogens is 354 g/mol. The molecule has 0 fully saturated rings. The van der Waals surface area contributed by atoms with Crippen molar-refractivity contribution in [3.8, 4) is 17.0 Å². The number of nitrogens with one attached hydrogen (secondary N) is 1. The van der Waals surface area contributed by atoms with Gasteiger partial charge >= 0.3 is 0 Å². The molecule has 28 heavy (non-hydrogen) atoms. The Labute approximate surface area is 161 Å². The normalized spacial score (nSPS) is 11.2. The van der Waals surface area contributed by atoms with Crippen molar-refractivity contribution < 1.29 is 9.66 Å². The molecule has 6 heteroatoms. The third kappa shape index (κ3) is 3.35. The first-order valence-corrected chi connectivity index (χ1v) is 8.69. The van der Waals surface area contributed by atoms with Crippen LogP contribution in [0.4, 0.5) is 11.4 Å². The summed E-state index contributed by atoms with van der Waals surface area (Å²) < 4.78 is 5.36. The van der Waals surface area contributed by atoms with E-state index >= 15 is 0 Å². The van der Waals surface area contributed by atoms with Crippen molar-refractivity contribution in [3.05, 3.63) is 88.5 Å². The fourth-order valence-electron chi connectivity index (χ4n) is 3.11. The van der Waals surface area contributed by atoms with Crippen molar-refractivity contribution in [3.63, 3.8) is 0 Å². The zero-order valence-corrected chi connectivity index (χ0v) is 15.1. The maximum absolute atomic E-state index is 11.0. The first kappa shape index (κ1) is 17.5. The predicted molar refractivity (Wildman–Crippen MR) is 111 cm³/mol. The van der Waals surface area contributed by atoms with Gasteiger partial charge in [-0.3, -0.25) is 15.1 Å². The average Bonchev–Trinajstić information content (AvgIpc) is 3.10. The van der Waals surface area contributed by atoms with E-state index in [4.69, 9.17) is 4.74 Å². The molecule has 1 aromatic heterocycles. The number of aromatic amines is 1. The van der Waals surface area contributed by atoms with Crippen molar-refractivity contribution in [1.82, 2.24) is 4.98 Å². The molecule has 0 bridgehead atoms. The standard InChI is InChI=1S/C22H17N3O3/c1-28-18-10-11-21-19(13-18)20(22(24-21)15-6-3-2-4-7-15)14-23-16-8-5-9-17(12-16)25(26)27/h2-14,24H,1H3. The molecule has 4 aromatic rings. The van der Waals surface area contributed by atoms with Crippen LogP contribution in [0.2, 0.25) is 0 Å². The molecule has 1 N–H and O–H groups in total. The number of hydrogen-bond acceptors (Lipinski definition) is 4. The number of rotatable bonds is 5. The van der Waals surface area contributed by atoms with Crippen molar-refractivity contribution in [2.24, 2.45) is 4.99 Å². The summed E-state index contributed by atoms with van der Waals surface area (Å²) in [5.41, 5.74) is 4.34. The number of H-pyrrole nitrogens is 1. The highest BCUT2D eigenvalue weighted by molar-refractivity contribution is 6.06. The van der Waals surface area contributed by atoms with Crippen molar-refractivity contribution in [2.75, 3.05) is 7.11 Å². The number of fused-ring (bicyclic) bond motifs is 1. The van der Waals surface area contributed by atoms with Crippen LogP contribution in [-0.2, 0) is 0 Å². The molecule has 0 saturated carbocycles. The number of nitro groups is 1. The molecular formula is C22H17N3O3. The van der Waals surface area contributed by atoms with E-state index < -0.39 is 4.92 Å². The van der Waals surface area contributed by atoms with Gasteiger partial charge < -0.3 is 9.72 Å². The number of aliphatic imine (C=N–C) groups is 1. The Morgan fingerprint density at radius 2 is 1.86 bits per heavy atom. The molecule has 0 aliphatic rings. The Morgan fingerprint density at radius 3 is 2.61 bits per heavy atom. The highest BCUT2D eigenvalue weighted by Crippen LogP contribution is 2.32. The largest absolute Gasteiger partial charge is 0.497 e. The van der Waals surface area contributed by atoms with Crippen LogP contribution in [0.1, 0.15) is 5.56 Å². The maximum atomic E-state index is 11.0. The molecule has 138 valence electrons. The summed E-state index contributed by atoms with van der Waals surface area (Å²) in [5, 5.41) is 12.0. The lowest BCUT2D eigenvalue weighted by Crippen LogP contribution is -1.87. The molecule has 0 spiro atoms. The van der Waals surface area contributed by atoms with Crippen molar-refractivity contribution in [2.45, 2.75) is 0 Å². The fourth-order valence-corrected chi connectivity index (χ4v) is 3.11. The van der Waals surface area contributed by atoms with Gasteiger partial charge in [0, 0.05) is 34.8 Å². The molecule has 0 unspecified atom stereocenters. The molecule has 0 amide bonds. The Morgan fingerprint density at radius 1 is 1.04 bits per heavy atom. The van der Waals surface area contributed by atoms with E-state index in [2.05, 4.69) is 9.98 Å². The summed E-state index contributed by atoms with van der Waals surface area (Å²) in [6.07, 6.45) is 1.74. The Kier molecular flexibility index (Phi) is 4.60. The SMILES string of the molecule is COc1ccc2[nH]c(-c3ccccc3)c(C=Nc3cccc([N+](=O)[O-])c3)c2c1. The van der Waals surface area contributed by atoms with Gasteiger partial charge in [-0.25, -0.2) is 0 Å². The van der Waals surface area contributed by atoms with Gasteiger partial charge in [-0.05, 0) is 29.8 Å². The van der Waals surface area contributed by atoms with E-state index in [-0.39, 0.29) is 5.69 Å². The Bertz CT molecular complexity index is 1180. The zero-order valence-electron chi connectivity index (χ0n) is 15.1. The minimum atomic E-state index is -0.426. The van der Waals surface area contributed by atoms with Crippen LogP contribution in [0.3, 0.4) is 0 Å². The van der Waals surface area contributed by atoms with Crippen LogP contribution in [0.5, 0.6) is 5.75 Å². The lowest BCUT2D eigenvalue weighted by molar-refractivity contribution is -0.384. The molecule has 0 radical (unpaired) electrons. The number of nitrogens with zero attached hydrogens (tertiary/aromatic N) is 2. The number of nitro benzene ring substituents is 1. The van der Waals surface area contributed by atoms with Crippen LogP contribution in [0, 0.1) is 10.1 Å². The molecule has 0 saturated heterocycles. The molecule has 1 heterocycles. The number of hydrogen-bond donors (Lipinski definition) is 1. The van der Waals surface area contributed by atoms with Crippen molar-refractivity contribution >= 4 is 28.5 Å². The van der Waals surface area contributed by atoms with Crippen LogP contribution >= 0.6 is 0 Å². The summed E-state index contributed by atoms with van der Waals surface area (Å²) in [4.78, 5) is 18.5.